The van der Waals surface area contributed by atoms with Crippen molar-refractivity contribution in [2.24, 2.45) is 0 Å². The SMILES string of the molecule is Cc1cc(N2CC=CNC2=O)c2nc(N)sc2c1. The highest BCUT2D eigenvalue weighted by Crippen LogP contribution is 2.33. The van der Waals surface area contributed by atoms with E-state index in [1.165, 1.54) is 11.3 Å². The predicted molar refractivity (Wildman–Crippen MR) is 73.8 cm³/mol. The van der Waals surface area contributed by atoms with Crippen molar-refractivity contribution in [3.8, 4) is 0 Å². The normalized spacial score (nSPS) is 15.2. The van der Waals surface area contributed by atoms with Gasteiger partial charge in [0.2, 0.25) is 0 Å². The standard InChI is InChI=1S/C12H12N4OS/c1-7-5-8(16-4-2-3-14-12(16)17)10-9(6-7)18-11(13)15-10/h2-3,5-6H,4H2,1H3,(H2,13,15)(H,14,17). The second kappa shape index (κ2) is 3.99. The van der Waals surface area contributed by atoms with E-state index in [0.717, 1.165) is 21.5 Å². The van der Waals surface area contributed by atoms with Gasteiger partial charge < -0.3 is 11.1 Å². The van der Waals surface area contributed by atoms with Gasteiger partial charge >= 0.3 is 6.03 Å². The molecule has 0 unspecified atom stereocenters. The van der Waals surface area contributed by atoms with Crippen LogP contribution in [0.1, 0.15) is 5.56 Å². The van der Waals surface area contributed by atoms with E-state index in [-0.39, 0.29) is 6.03 Å². The van der Waals surface area contributed by atoms with Gasteiger partial charge in [-0.15, -0.1) is 0 Å². The van der Waals surface area contributed by atoms with Gasteiger partial charge in [0, 0.05) is 12.7 Å². The van der Waals surface area contributed by atoms with Crippen LogP contribution >= 0.6 is 11.3 Å². The maximum absolute atomic E-state index is 11.9. The fourth-order valence-electron chi connectivity index (χ4n) is 2.03. The molecule has 3 rings (SSSR count). The van der Waals surface area contributed by atoms with Gasteiger partial charge in [-0.2, -0.15) is 0 Å². The summed E-state index contributed by atoms with van der Waals surface area (Å²) in [5.41, 5.74) is 8.43. The predicted octanol–water partition coefficient (Wildman–Crippen LogP) is 2.23. The Morgan fingerprint density at radius 2 is 2.33 bits per heavy atom. The summed E-state index contributed by atoms with van der Waals surface area (Å²) >= 11 is 1.44. The third-order valence-electron chi connectivity index (χ3n) is 2.78. The lowest BCUT2D eigenvalue weighted by Crippen LogP contribution is -2.41. The molecule has 0 saturated heterocycles. The Kier molecular flexibility index (Phi) is 2.45. The Labute approximate surface area is 108 Å². The number of aromatic nitrogens is 1. The summed E-state index contributed by atoms with van der Waals surface area (Å²) in [6.45, 7) is 2.54. The van der Waals surface area contributed by atoms with Crippen LogP contribution in [-0.2, 0) is 0 Å². The number of urea groups is 1. The maximum Gasteiger partial charge on any atom is 0.326 e. The minimum absolute atomic E-state index is 0.143. The van der Waals surface area contributed by atoms with Crippen LogP contribution in [0.5, 0.6) is 0 Å². The zero-order chi connectivity index (χ0) is 12.7. The Morgan fingerprint density at radius 3 is 3.11 bits per heavy atom. The van der Waals surface area contributed by atoms with Gasteiger partial charge in [0.25, 0.3) is 0 Å². The molecule has 1 aliphatic heterocycles. The number of fused-ring (bicyclic) bond motifs is 1. The van der Waals surface area contributed by atoms with Crippen molar-refractivity contribution in [2.75, 3.05) is 17.2 Å². The number of hydrogen-bond donors (Lipinski definition) is 2. The number of thiazole rings is 1. The summed E-state index contributed by atoms with van der Waals surface area (Å²) in [6.07, 6.45) is 3.55. The molecule has 0 spiro atoms. The molecule has 2 amide bonds. The lowest BCUT2D eigenvalue weighted by Gasteiger charge is -2.24. The van der Waals surface area contributed by atoms with Crippen molar-refractivity contribution in [3.05, 3.63) is 30.0 Å². The van der Waals surface area contributed by atoms with E-state index in [1.807, 2.05) is 25.1 Å². The Morgan fingerprint density at radius 1 is 1.50 bits per heavy atom. The molecule has 92 valence electrons. The number of benzene rings is 1. The van der Waals surface area contributed by atoms with Crippen molar-refractivity contribution < 1.29 is 4.79 Å². The third-order valence-corrected chi connectivity index (χ3v) is 3.62. The van der Waals surface area contributed by atoms with Crippen molar-refractivity contribution in [2.45, 2.75) is 6.92 Å². The number of amides is 2. The molecule has 0 fully saturated rings. The molecule has 1 aromatic carbocycles. The van der Waals surface area contributed by atoms with Gasteiger partial charge in [-0.05, 0) is 30.7 Å². The van der Waals surface area contributed by atoms with Gasteiger partial charge in [-0.3, -0.25) is 4.90 Å². The first-order valence-corrected chi connectivity index (χ1v) is 6.36. The molecule has 0 atom stereocenters. The number of nitrogens with zero attached hydrogens (tertiary/aromatic N) is 2. The van der Waals surface area contributed by atoms with E-state index in [2.05, 4.69) is 10.3 Å². The molecular weight excluding hydrogens is 248 g/mol. The van der Waals surface area contributed by atoms with Crippen molar-refractivity contribution in [1.29, 1.82) is 0 Å². The Hall–Kier alpha value is -2.08. The number of anilines is 2. The first kappa shape index (κ1) is 11.0. The fourth-order valence-corrected chi connectivity index (χ4v) is 2.88. The molecule has 6 heteroatoms. The Bertz CT molecular complexity index is 661. The Balaban J connectivity index is 2.21. The van der Waals surface area contributed by atoms with Crippen LogP contribution in [0, 0.1) is 6.92 Å². The number of rotatable bonds is 1. The molecule has 1 aromatic heterocycles. The molecular formula is C12H12N4OS. The molecule has 0 saturated carbocycles. The summed E-state index contributed by atoms with van der Waals surface area (Å²) in [5.74, 6) is 0. The number of nitrogen functional groups attached to an aromatic ring is 1. The van der Waals surface area contributed by atoms with Crippen LogP contribution in [0.3, 0.4) is 0 Å². The average Bonchev–Trinajstić information content (AvgIpc) is 2.69. The summed E-state index contributed by atoms with van der Waals surface area (Å²) in [5, 5.41) is 3.19. The quantitative estimate of drug-likeness (QED) is 0.826. The summed E-state index contributed by atoms with van der Waals surface area (Å²) in [6, 6.07) is 3.85. The van der Waals surface area contributed by atoms with Crippen molar-refractivity contribution >= 4 is 38.4 Å². The summed E-state index contributed by atoms with van der Waals surface area (Å²) in [7, 11) is 0. The van der Waals surface area contributed by atoms with Gasteiger partial charge in [0.15, 0.2) is 5.13 Å². The van der Waals surface area contributed by atoms with Crippen LogP contribution in [-0.4, -0.2) is 17.6 Å². The zero-order valence-corrected chi connectivity index (χ0v) is 10.6. The minimum atomic E-state index is -0.143. The number of nitrogens with two attached hydrogens (primary N) is 1. The molecule has 18 heavy (non-hydrogen) atoms. The van der Waals surface area contributed by atoms with Gasteiger partial charge in [0.05, 0.1) is 10.4 Å². The highest BCUT2D eigenvalue weighted by Gasteiger charge is 2.20. The fraction of sp³-hybridized carbons (Fsp3) is 0.167. The largest absolute Gasteiger partial charge is 0.375 e. The monoisotopic (exact) mass is 260 g/mol. The number of carbonyl (C=O) groups is 1. The number of hydrogen-bond acceptors (Lipinski definition) is 4. The van der Waals surface area contributed by atoms with E-state index >= 15 is 0 Å². The number of nitrogens with one attached hydrogen (secondary N) is 1. The molecule has 0 bridgehead atoms. The number of carbonyl (C=O) groups excluding carboxylic acids is 1. The van der Waals surface area contributed by atoms with E-state index in [0.29, 0.717) is 11.7 Å². The molecule has 2 heterocycles. The number of aryl methyl sites for hydroxylation is 1. The van der Waals surface area contributed by atoms with Gasteiger partial charge in [-0.1, -0.05) is 11.3 Å². The molecule has 2 aromatic rings. The second-order valence-electron chi connectivity index (χ2n) is 4.15. The first-order chi connectivity index (χ1) is 8.65. The lowest BCUT2D eigenvalue weighted by molar-refractivity contribution is 0.249. The summed E-state index contributed by atoms with van der Waals surface area (Å²) < 4.78 is 1.00. The second-order valence-corrected chi connectivity index (χ2v) is 5.21. The van der Waals surface area contributed by atoms with Crippen LogP contribution in [0.4, 0.5) is 15.6 Å². The van der Waals surface area contributed by atoms with E-state index in [9.17, 15) is 4.79 Å². The smallest absolute Gasteiger partial charge is 0.326 e. The van der Waals surface area contributed by atoms with E-state index in [4.69, 9.17) is 5.73 Å². The zero-order valence-electron chi connectivity index (χ0n) is 9.80. The highest BCUT2D eigenvalue weighted by molar-refractivity contribution is 7.22. The maximum atomic E-state index is 11.9. The topological polar surface area (TPSA) is 71.2 Å². The van der Waals surface area contributed by atoms with Gasteiger partial charge in [-0.25, -0.2) is 9.78 Å². The minimum Gasteiger partial charge on any atom is -0.375 e. The molecule has 0 radical (unpaired) electrons. The van der Waals surface area contributed by atoms with E-state index < -0.39 is 0 Å². The molecule has 1 aliphatic rings. The van der Waals surface area contributed by atoms with Crippen molar-refractivity contribution in [1.82, 2.24) is 10.3 Å². The van der Waals surface area contributed by atoms with Crippen molar-refractivity contribution in [3.63, 3.8) is 0 Å². The van der Waals surface area contributed by atoms with E-state index in [1.54, 1.807) is 11.1 Å². The lowest BCUT2D eigenvalue weighted by atomic mass is 10.2. The van der Waals surface area contributed by atoms with Gasteiger partial charge in [0.1, 0.15) is 5.52 Å². The third kappa shape index (κ3) is 1.70. The average molecular weight is 260 g/mol. The molecule has 3 N–H and O–H groups in total. The molecule has 5 nitrogen and oxygen atoms in total. The van der Waals surface area contributed by atoms with Crippen LogP contribution in [0.2, 0.25) is 0 Å². The van der Waals surface area contributed by atoms with Crippen LogP contribution in [0.25, 0.3) is 10.2 Å². The first-order valence-electron chi connectivity index (χ1n) is 5.55. The summed E-state index contributed by atoms with van der Waals surface area (Å²) in [4.78, 5) is 17.8. The van der Waals surface area contributed by atoms with Crippen LogP contribution in [0.15, 0.2) is 24.4 Å². The highest BCUT2D eigenvalue weighted by atomic mass is 32.1. The molecule has 0 aliphatic carbocycles. The van der Waals surface area contributed by atoms with Crippen LogP contribution < -0.4 is 16.0 Å².